The van der Waals surface area contributed by atoms with E-state index in [2.05, 4.69) is 27.4 Å². The van der Waals surface area contributed by atoms with Crippen molar-refractivity contribution in [3.8, 4) is 0 Å². The monoisotopic (exact) mass is 124 g/mol. The highest BCUT2D eigenvalue weighted by molar-refractivity contribution is 5.05. The molecule has 0 amide bonds. The summed E-state index contributed by atoms with van der Waals surface area (Å²) in [6.45, 7) is 10.8. The molecular weight excluding hydrogens is 108 g/mol. The summed E-state index contributed by atoms with van der Waals surface area (Å²) in [6, 6.07) is 0. The predicted octanol–water partition coefficient (Wildman–Crippen LogP) is 2.85. The van der Waals surface area contributed by atoms with Gasteiger partial charge in [0.1, 0.15) is 0 Å². The lowest BCUT2D eigenvalue weighted by Crippen LogP contribution is -2.33. The van der Waals surface area contributed by atoms with Crippen molar-refractivity contribution in [3.63, 3.8) is 0 Å². The summed E-state index contributed by atoms with van der Waals surface area (Å²) in [6.07, 6.45) is 1.40. The van der Waals surface area contributed by atoms with Crippen LogP contribution in [0.5, 0.6) is 0 Å². The molecule has 2 unspecified atom stereocenters. The second-order valence-electron chi connectivity index (χ2n) is 3.56. The lowest BCUT2D eigenvalue weighted by Gasteiger charge is -2.41. The summed E-state index contributed by atoms with van der Waals surface area (Å²) in [5.41, 5.74) is 1.38. The van der Waals surface area contributed by atoms with Gasteiger partial charge in [-0.1, -0.05) is 26.0 Å². The molecule has 52 valence electrons. The Bertz CT molecular complexity index is 116. The molecule has 1 saturated carbocycles. The van der Waals surface area contributed by atoms with Gasteiger partial charge in [-0.3, -0.25) is 0 Å². The van der Waals surface area contributed by atoms with Crippen LogP contribution in [-0.2, 0) is 0 Å². The fourth-order valence-corrected chi connectivity index (χ4v) is 2.22. The molecule has 1 aliphatic rings. The lowest BCUT2D eigenvalue weighted by atomic mass is 9.64. The summed E-state index contributed by atoms with van der Waals surface area (Å²) in [4.78, 5) is 0. The molecule has 0 nitrogen and oxygen atoms in total. The van der Waals surface area contributed by atoms with Crippen LogP contribution in [0.3, 0.4) is 0 Å². The third-order valence-corrected chi connectivity index (χ3v) is 2.54. The highest BCUT2D eigenvalue weighted by Crippen LogP contribution is 2.43. The molecule has 0 aromatic carbocycles. The van der Waals surface area contributed by atoms with E-state index in [9.17, 15) is 0 Å². The molecule has 1 aliphatic carbocycles. The molecule has 0 aromatic rings. The van der Waals surface area contributed by atoms with Gasteiger partial charge in [0.05, 0.1) is 0 Å². The minimum Gasteiger partial charge on any atom is -0.0998 e. The molecule has 2 atom stereocenters. The van der Waals surface area contributed by atoms with Crippen LogP contribution in [0.4, 0.5) is 0 Å². The Balaban J connectivity index is 2.49. The highest BCUT2D eigenvalue weighted by atomic mass is 14.4. The summed E-state index contributed by atoms with van der Waals surface area (Å²) < 4.78 is 0. The maximum atomic E-state index is 3.98. The first-order valence-corrected chi connectivity index (χ1v) is 3.78. The van der Waals surface area contributed by atoms with E-state index in [1.807, 2.05) is 0 Å². The van der Waals surface area contributed by atoms with E-state index < -0.39 is 0 Å². The summed E-state index contributed by atoms with van der Waals surface area (Å²) in [7, 11) is 0. The minimum absolute atomic E-state index is 0.824. The third-order valence-electron chi connectivity index (χ3n) is 2.54. The van der Waals surface area contributed by atoms with Gasteiger partial charge >= 0.3 is 0 Å². The van der Waals surface area contributed by atoms with Gasteiger partial charge in [-0.25, -0.2) is 0 Å². The molecule has 0 N–H and O–H groups in total. The molecule has 0 radical (unpaired) electrons. The fraction of sp³-hybridized carbons (Fsp3) is 0.778. The Hall–Kier alpha value is -0.260. The van der Waals surface area contributed by atoms with Crippen molar-refractivity contribution in [1.82, 2.24) is 0 Å². The first kappa shape index (κ1) is 6.85. The van der Waals surface area contributed by atoms with Crippen LogP contribution in [0.1, 0.15) is 27.2 Å². The maximum Gasteiger partial charge on any atom is -0.0157 e. The Morgan fingerprint density at radius 3 is 1.89 bits per heavy atom. The molecular formula is C9H16. The van der Waals surface area contributed by atoms with E-state index in [4.69, 9.17) is 0 Å². The van der Waals surface area contributed by atoms with E-state index >= 15 is 0 Å². The second-order valence-corrected chi connectivity index (χ2v) is 3.56. The average molecular weight is 124 g/mol. The first-order chi connectivity index (χ1) is 4.13. The van der Waals surface area contributed by atoms with Gasteiger partial charge in [0, 0.05) is 0 Å². The summed E-state index contributed by atoms with van der Waals surface area (Å²) in [5, 5.41) is 0. The zero-order valence-electron chi connectivity index (χ0n) is 6.65. The van der Waals surface area contributed by atoms with E-state index in [1.165, 1.54) is 12.0 Å². The van der Waals surface area contributed by atoms with Gasteiger partial charge in [0.25, 0.3) is 0 Å². The topological polar surface area (TPSA) is 0 Å². The van der Waals surface area contributed by atoms with Crippen molar-refractivity contribution in [2.24, 2.45) is 17.8 Å². The van der Waals surface area contributed by atoms with Crippen LogP contribution in [0.15, 0.2) is 12.2 Å². The fourth-order valence-electron chi connectivity index (χ4n) is 2.22. The Morgan fingerprint density at radius 2 is 1.78 bits per heavy atom. The number of hydrogen-bond acceptors (Lipinski definition) is 0. The molecule has 0 bridgehead atoms. The largest absolute Gasteiger partial charge is 0.0998 e. The number of hydrogen-bond donors (Lipinski definition) is 0. The van der Waals surface area contributed by atoms with Gasteiger partial charge < -0.3 is 0 Å². The SMILES string of the molecule is C=C(C)C1C(C)CC1C. The molecule has 1 rings (SSSR count). The van der Waals surface area contributed by atoms with Gasteiger partial charge in [0.15, 0.2) is 0 Å². The zero-order valence-corrected chi connectivity index (χ0v) is 6.65. The molecule has 0 heteroatoms. The molecule has 9 heavy (non-hydrogen) atoms. The normalized spacial score (nSPS) is 41.9. The van der Waals surface area contributed by atoms with Gasteiger partial charge in [-0.15, -0.1) is 0 Å². The Kier molecular flexibility index (Phi) is 1.65. The lowest BCUT2D eigenvalue weighted by molar-refractivity contribution is 0.137. The zero-order chi connectivity index (χ0) is 7.02. The average Bonchev–Trinajstić information content (AvgIpc) is 1.62. The molecule has 0 aromatic heterocycles. The standard InChI is InChI=1S/C9H16/c1-6(2)9-7(3)5-8(9)4/h7-9H,1,5H2,2-4H3. The summed E-state index contributed by atoms with van der Waals surface area (Å²) >= 11 is 0. The van der Waals surface area contributed by atoms with Crippen molar-refractivity contribution in [2.75, 3.05) is 0 Å². The quantitative estimate of drug-likeness (QED) is 0.471. The van der Waals surface area contributed by atoms with Crippen LogP contribution in [0.25, 0.3) is 0 Å². The van der Waals surface area contributed by atoms with Crippen molar-refractivity contribution < 1.29 is 0 Å². The smallest absolute Gasteiger partial charge is 0.0157 e. The number of allylic oxidation sites excluding steroid dienone is 1. The minimum atomic E-state index is 0.824. The van der Waals surface area contributed by atoms with Crippen LogP contribution in [0, 0.1) is 17.8 Å². The first-order valence-electron chi connectivity index (χ1n) is 3.78. The van der Waals surface area contributed by atoms with Crippen LogP contribution >= 0.6 is 0 Å². The molecule has 0 heterocycles. The predicted molar refractivity (Wildman–Crippen MR) is 41.2 cm³/mol. The van der Waals surface area contributed by atoms with Crippen molar-refractivity contribution in [2.45, 2.75) is 27.2 Å². The third kappa shape index (κ3) is 1.03. The molecule has 0 aliphatic heterocycles. The van der Waals surface area contributed by atoms with Crippen LogP contribution in [-0.4, -0.2) is 0 Å². The maximum absolute atomic E-state index is 3.98. The van der Waals surface area contributed by atoms with Crippen molar-refractivity contribution in [1.29, 1.82) is 0 Å². The second kappa shape index (κ2) is 2.17. The van der Waals surface area contributed by atoms with E-state index in [1.54, 1.807) is 0 Å². The van der Waals surface area contributed by atoms with Crippen LogP contribution in [0.2, 0.25) is 0 Å². The Labute approximate surface area is 58.0 Å². The molecule has 0 spiro atoms. The van der Waals surface area contributed by atoms with Gasteiger partial charge in [-0.2, -0.15) is 0 Å². The van der Waals surface area contributed by atoms with E-state index in [0.717, 1.165) is 17.8 Å². The van der Waals surface area contributed by atoms with Crippen molar-refractivity contribution in [3.05, 3.63) is 12.2 Å². The van der Waals surface area contributed by atoms with E-state index in [0.29, 0.717) is 0 Å². The molecule has 0 saturated heterocycles. The highest BCUT2D eigenvalue weighted by Gasteiger charge is 2.34. The molecule has 1 fully saturated rings. The summed E-state index contributed by atoms with van der Waals surface area (Å²) in [5.74, 6) is 2.62. The van der Waals surface area contributed by atoms with E-state index in [-0.39, 0.29) is 0 Å². The Morgan fingerprint density at radius 1 is 1.33 bits per heavy atom. The van der Waals surface area contributed by atoms with Crippen molar-refractivity contribution >= 4 is 0 Å². The number of rotatable bonds is 1. The van der Waals surface area contributed by atoms with Crippen LogP contribution < -0.4 is 0 Å². The van der Waals surface area contributed by atoms with Gasteiger partial charge in [-0.05, 0) is 31.1 Å². The van der Waals surface area contributed by atoms with Gasteiger partial charge in [0.2, 0.25) is 0 Å².